The maximum atomic E-state index is 13.1. The smallest absolute Gasteiger partial charge is 0.268 e. The molecule has 0 saturated heterocycles. The van der Waals surface area contributed by atoms with Crippen LogP contribution in [0.5, 0.6) is 0 Å². The molecule has 0 radical (unpaired) electrons. The normalized spacial score (nSPS) is 15.4. The third-order valence-electron chi connectivity index (χ3n) is 5.78. The first-order chi connectivity index (χ1) is 15.1. The van der Waals surface area contributed by atoms with Gasteiger partial charge in [0.15, 0.2) is 0 Å². The number of hydroxylamine groups is 1. The van der Waals surface area contributed by atoms with Gasteiger partial charge >= 0.3 is 0 Å². The number of nitrogens with one attached hydrogen (secondary N) is 3. The lowest BCUT2D eigenvalue weighted by Crippen LogP contribution is -2.47. The summed E-state index contributed by atoms with van der Waals surface area (Å²) in [5, 5.41) is 13.2. The molecule has 1 heterocycles. The fourth-order valence-corrected chi connectivity index (χ4v) is 4.19. The molecule has 1 aliphatic carbocycles. The average Bonchev–Trinajstić information content (AvgIpc) is 3.11. The monoisotopic (exact) mass is 431 g/mol. The van der Waals surface area contributed by atoms with Crippen LogP contribution in [0, 0.1) is 11.8 Å². The van der Waals surface area contributed by atoms with Crippen molar-refractivity contribution >= 4 is 34.0 Å². The molecule has 158 valence electrons. The Morgan fingerprint density at radius 3 is 2.42 bits per heavy atom. The Morgan fingerprint density at radius 2 is 1.74 bits per heavy atom. The first-order valence-corrected chi connectivity index (χ1v) is 11.0. The van der Waals surface area contributed by atoms with Crippen molar-refractivity contribution in [3.8, 4) is 11.8 Å². The standard InChI is InChI=1S/C25H25N3O2S/c29-23(22-17-20-7-3-4-8-21(20)26-22)27-25(14-5-1-2-6-15-25)16-13-18-9-11-19(12-10-18)24(31)28-30/h3-4,7-12,17,26,30H,1-2,5-6,14-15H2,(H,27,29)(H,28,31). The second kappa shape index (κ2) is 9.34. The quantitative estimate of drug-likeness (QED) is 0.210. The van der Waals surface area contributed by atoms with Gasteiger partial charge in [-0.05, 0) is 37.1 Å². The van der Waals surface area contributed by atoms with Crippen molar-refractivity contribution in [1.82, 2.24) is 15.8 Å². The molecule has 0 bridgehead atoms. The number of hydrogen-bond donors (Lipinski definition) is 4. The molecule has 1 fully saturated rings. The molecule has 2 aromatic carbocycles. The van der Waals surface area contributed by atoms with Gasteiger partial charge in [0, 0.05) is 22.0 Å². The van der Waals surface area contributed by atoms with Gasteiger partial charge in [0.25, 0.3) is 5.91 Å². The highest BCUT2D eigenvalue weighted by molar-refractivity contribution is 7.80. The van der Waals surface area contributed by atoms with Crippen molar-refractivity contribution in [1.29, 1.82) is 0 Å². The zero-order chi connectivity index (χ0) is 21.7. The molecular weight excluding hydrogens is 406 g/mol. The molecule has 0 unspecified atom stereocenters. The highest BCUT2D eigenvalue weighted by Gasteiger charge is 2.31. The lowest BCUT2D eigenvalue weighted by Gasteiger charge is -2.28. The van der Waals surface area contributed by atoms with Crippen molar-refractivity contribution in [2.24, 2.45) is 0 Å². The maximum Gasteiger partial charge on any atom is 0.268 e. The number of hydrogen-bond acceptors (Lipinski definition) is 3. The van der Waals surface area contributed by atoms with E-state index in [-0.39, 0.29) is 10.9 Å². The van der Waals surface area contributed by atoms with Crippen LogP contribution >= 0.6 is 12.2 Å². The van der Waals surface area contributed by atoms with E-state index in [4.69, 9.17) is 17.4 Å². The molecule has 31 heavy (non-hydrogen) atoms. The number of para-hydroxylation sites is 1. The van der Waals surface area contributed by atoms with Gasteiger partial charge < -0.3 is 10.3 Å². The summed E-state index contributed by atoms with van der Waals surface area (Å²) in [5.74, 6) is 6.52. The van der Waals surface area contributed by atoms with Crippen LogP contribution in [0.2, 0.25) is 0 Å². The number of thiocarbonyl (C=S) groups is 1. The minimum atomic E-state index is -0.550. The largest absolute Gasteiger partial charge is 0.351 e. The number of carbonyl (C=O) groups is 1. The Kier molecular flexibility index (Phi) is 6.36. The summed E-state index contributed by atoms with van der Waals surface area (Å²) < 4.78 is 0. The number of benzene rings is 2. The van der Waals surface area contributed by atoms with Gasteiger partial charge in [-0.2, -0.15) is 0 Å². The number of aromatic amines is 1. The van der Waals surface area contributed by atoms with Gasteiger partial charge in [-0.25, -0.2) is 0 Å². The number of fused-ring (bicyclic) bond motifs is 1. The number of H-pyrrole nitrogens is 1. The van der Waals surface area contributed by atoms with Gasteiger partial charge in [0.05, 0.1) is 0 Å². The Labute approximate surface area is 187 Å². The van der Waals surface area contributed by atoms with Gasteiger partial charge in [-0.15, -0.1) is 0 Å². The highest BCUT2D eigenvalue weighted by atomic mass is 32.1. The summed E-state index contributed by atoms with van der Waals surface area (Å²) in [7, 11) is 0. The highest BCUT2D eigenvalue weighted by Crippen LogP contribution is 2.27. The number of carbonyl (C=O) groups excluding carboxylic acids is 1. The van der Waals surface area contributed by atoms with Crippen LogP contribution in [-0.4, -0.2) is 26.6 Å². The minimum Gasteiger partial charge on any atom is -0.351 e. The van der Waals surface area contributed by atoms with Crippen molar-refractivity contribution in [2.75, 3.05) is 0 Å². The Balaban J connectivity index is 1.59. The van der Waals surface area contributed by atoms with E-state index in [1.807, 2.05) is 60.1 Å². The molecular formula is C25H25N3O2S. The van der Waals surface area contributed by atoms with Gasteiger partial charge in [-0.1, -0.05) is 80.1 Å². The number of amides is 1. The van der Waals surface area contributed by atoms with Crippen LogP contribution in [0.25, 0.3) is 10.9 Å². The van der Waals surface area contributed by atoms with Gasteiger partial charge in [0.2, 0.25) is 0 Å². The first kappa shape index (κ1) is 21.1. The zero-order valence-electron chi connectivity index (χ0n) is 17.2. The molecule has 1 aromatic heterocycles. The summed E-state index contributed by atoms with van der Waals surface area (Å²) in [6.45, 7) is 0. The molecule has 1 amide bonds. The van der Waals surface area contributed by atoms with Crippen LogP contribution in [0.1, 0.15) is 60.1 Å². The topological polar surface area (TPSA) is 77.2 Å². The Morgan fingerprint density at radius 1 is 1.03 bits per heavy atom. The summed E-state index contributed by atoms with van der Waals surface area (Å²) in [4.78, 5) is 16.6. The summed E-state index contributed by atoms with van der Waals surface area (Å²) in [6.07, 6.45) is 6.07. The number of aromatic nitrogens is 1. The minimum absolute atomic E-state index is 0.123. The average molecular weight is 432 g/mol. The first-order valence-electron chi connectivity index (χ1n) is 10.6. The molecule has 5 nitrogen and oxygen atoms in total. The molecule has 4 rings (SSSR count). The van der Waals surface area contributed by atoms with E-state index in [0.29, 0.717) is 5.69 Å². The fourth-order valence-electron chi connectivity index (χ4n) is 4.05. The summed E-state index contributed by atoms with van der Waals surface area (Å²) in [5.41, 5.74) is 4.51. The number of rotatable bonds is 3. The van der Waals surface area contributed by atoms with E-state index in [0.717, 1.165) is 60.6 Å². The van der Waals surface area contributed by atoms with Crippen LogP contribution < -0.4 is 10.8 Å². The predicted molar refractivity (Wildman–Crippen MR) is 126 cm³/mol. The lowest BCUT2D eigenvalue weighted by atomic mass is 9.90. The summed E-state index contributed by atoms with van der Waals surface area (Å²) >= 11 is 5.03. The van der Waals surface area contributed by atoms with Crippen molar-refractivity contribution in [3.63, 3.8) is 0 Å². The van der Waals surface area contributed by atoms with Crippen molar-refractivity contribution in [2.45, 2.75) is 44.1 Å². The maximum absolute atomic E-state index is 13.1. The fraction of sp³-hybridized carbons (Fsp3) is 0.280. The van der Waals surface area contributed by atoms with E-state index >= 15 is 0 Å². The molecule has 1 saturated carbocycles. The van der Waals surface area contributed by atoms with Crippen molar-refractivity contribution < 1.29 is 10.0 Å². The molecule has 1 aliphatic rings. The molecule has 0 aliphatic heterocycles. The summed E-state index contributed by atoms with van der Waals surface area (Å²) in [6, 6.07) is 17.1. The van der Waals surface area contributed by atoms with E-state index in [1.165, 1.54) is 0 Å². The van der Waals surface area contributed by atoms with E-state index in [2.05, 4.69) is 22.1 Å². The van der Waals surface area contributed by atoms with Crippen LogP contribution in [-0.2, 0) is 0 Å². The van der Waals surface area contributed by atoms with Crippen molar-refractivity contribution in [3.05, 3.63) is 71.4 Å². The third kappa shape index (κ3) is 4.96. The van der Waals surface area contributed by atoms with Crippen LogP contribution in [0.3, 0.4) is 0 Å². The molecule has 6 heteroatoms. The lowest BCUT2D eigenvalue weighted by molar-refractivity contribution is 0.0909. The predicted octanol–water partition coefficient (Wildman–Crippen LogP) is 4.70. The van der Waals surface area contributed by atoms with Gasteiger partial charge in [0.1, 0.15) is 16.2 Å². The van der Waals surface area contributed by atoms with Crippen LogP contribution in [0.4, 0.5) is 0 Å². The molecule has 0 atom stereocenters. The van der Waals surface area contributed by atoms with E-state index in [9.17, 15) is 4.79 Å². The molecule has 0 spiro atoms. The second-order valence-electron chi connectivity index (χ2n) is 7.99. The zero-order valence-corrected chi connectivity index (χ0v) is 18.0. The third-order valence-corrected chi connectivity index (χ3v) is 6.11. The van der Waals surface area contributed by atoms with E-state index in [1.54, 1.807) is 0 Å². The Bertz CT molecular complexity index is 1110. The van der Waals surface area contributed by atoms with E-state index < -0.39 is 5.54 Å². The molecule has 3 aromatic rings. The second-order valence-corrected chi connectivity index (χ2v) is 8.40. The molecule has 4 N–H and O–H groups in total. The Hall–Kier alpha value is -3.14. The van der Waals surface area contributed by atoms with Crippen LogP contribution in [0.15, 0.2) is 54.6 Å². The van der Waals surface area contributed by atoms with Gasteiger partial charge in [-0.3, -0.25) is 15.5 Å². The SMILES string of the molecule is O=C(NC1(C#Cc2ccc(C(=S)NO)cc2)CCCCCC1)c1cc2ccccc2[nH]1.